The highest BCUT2D eigenvalue weighted by Crippen LogP contribution is 2.25. The fourth-order valence-electron chi connectivity index (χ4n) is 2.06. The van der Waals surface area contributed by atoms with Gasteiger partial charge < -0.3 is 15.0 Å². The van der Waals surface area contributed by atoms with Gasteiger partial charge in [0.05, 0.1) is 6.61 Å². The molecular formula is C13H18N2O. The summed E-state index contributed by atoms with van der Waals surface area (Å²) < 4.78 is 7.65. The molecule has 0 aliphatic heterocycles. The van der Waals surface area contributed by atoms with Gasteiger partial charge in [0.25, 0.3) is 0 Å². The van der Waals surface area contributed by atoms with Crippen LogP contribution in [0, 0.1) is 0 Å². The van der Waals surface area contributed by atoms with Gasteiger partial charge in [0.15, 0.2) is 0 Å². The Labute approximate surface area is 95.8 Å². The monoisotopic (exact) mass is 218 g/mol. The maximum absolute atomic E-state index is 5.62. The van der Waals surface area contributed by atoms with E-state index < -0.39 is 0 Å². The van der Waals surface area contributed by atoms with E-state index in [-0.39, 0.29) is 0 Å². The van der Waals surface area contributed by atoms with Gasteiger partial charge in [0.1, 0.15) is 5.75 Å². The molecule has 0 bridgehead atoms. The minimum absolute atomic E-state index is 0.679. The second kappa shape index (κ2) is 4.58. The second-order valence-corrected chi connectivity index (χ2v) is 3.92. The van der Waals surface area contributed by atoms with Crippen LogP contribution in [0.4, 0.5) is 0 Å². The van der Waals surface area contributed by atoms with Gasteiger partial charge >= 0.3 is 0 Å². The molecule has 0 atom stereocenters. The summed E-state index contributed by atoms with van der Waals surface area (Å²) in [5.74, 6) is 0.930. The third-order valence-corrected chi connectivity index (χ3v) is 2.77. The van der Waals surface area contributed by atoms with Crippen molar-refractivity contribution in [3.8, 4) is 5.75 Å². The van der Waals surface area contributed by atoms with Gasteiger partial charge in [0, 0.05) is 24.1 Å². The summed E-state index contributed by atoms with van der Waals surface area (Å²) in [6.45, 7) is 3.37. The number of hydrogen-bond donors (Lipinski definition) is 1. The number of hydrogen-bond acceptors (Lipinski definition) is 2. The summed E-state index contributed by atoms with van der Waals surface area (Å²) in [5, 5.41) is 1.25. The van der Waals surface area contributed by atoms with Gasteiger partial charge in [-0.25, -0.2) is 0 Å². The van der Waals surface area contributed by atoms with Crippen molar-refractivity contribution < 1.29 is 4.74 Å². The maximum Gasteiger partial charge on any atom is 0.120 e. The van der Waals surface area contributed by atoms with E-state index >= 15 is 0 Å². The topological polar surface area (TPSA) is 40.2 Å². The largest absolute Gasteiger partial charge is 0.494 e. The van der Waals surface area contributed by atoms with Crippen LogP contribution < -0.4 is 10.5 Å². The molecule has 3 nitrogen and oxygen atoms in total. The fourth-order valence-corrected chi connectivity index (χ4v) is 2.06. The van der Waals surface area contributed by atoms with Crippen LogP contribution in [-0.4, -0.2) is 17.7 Å². The fraction of sp³-hybridized carbons (Fsp3) is 0.385. The Morgan fingerprint density at radius 3 is 2.88 bits per heavy atom. The number of ether oxygens (including phenoxy) is 1. The summed E-state index contributed by atoms with van der Waals surface area (Å²) >= 11 is 0. The van der Waals surface area contributed by atoms with Crippen LogP contribution in [0.25, 0.3) is 10.9 Å². The first kappa shape index (κ1) is 11.0. The molecule has 0 radical (unpaired) electrons. The van der Waals surface area contributed by atoms with Crippen molar-refractivity contribution in [3.63, 3.8) is 0 Å². The number of fused-ring (bicyclic) bond motifs is 1. The molecule has 2 aromatic rings. The molecule has 86 valence electrons. The third-order valence-electron chi connectivity index (χ3n) is 2.77. The molecule has 1 heterocycles. The number of nitrogens with two attached hydrogens (primary N) is 1. The molecule has 0 amide bonds. The predicted octanol–water partition coefficient (Wildman–Crippen LogP) is 2.08. The summed E-state index contributed by atoms with van der Waals surface area (Å²) in [4.78, 5) is 0. The maximum atomic E-state index is 5.62. The SMILES string of the molecule is CCOc1ccc2c(c1)c(CCN)cn2C. The summed E-state index contributed by atoms with van der Waals surface area (Å²) in [6, 6.07) is 6.21. The molecular weight excluding hydrogens is 200 g/mol. The van der Waals surface area contributed by atoms with Crippen LogP contribution >= 0.6 is 0 Å². The Morgan fingerprint density at radius 2 is 2.19 bits per heavy atom. The number of aryl methyl sites for hydroxylation is 1. The minimum Gasteiger partial charge on any atom is -0.494 e. The number of nitrogens with zero attached hydrogens (tertiary/aromatic N) is 1. The van der Waals surface area contributed by atoms with Crippen molar-refractivity contribution in [2.45, 2.75) is 13.3 Å². The average molecular weight is 218 g/mol. The van der Waals surface area contributed by atoms with Crippen LogP contribution in [0.2, 0.25) is 0 Å². The van der Waals surface area contributed by atoms with E-state index in [1.165, 1.54) is 16.5 Å². The molecule has 16 heavy (non-hydrogen) atoms. The highest BCUT2D eigenvalue weighted by molar-refractivity contribution is 5.85. The number of aromatic nitrogens is 1. The van der Waals surface area contributed by atoms with Gasteiger partial charge in [-0.2, -0.15) is 0 Å². The van der Waals surface area contributed by atoms with Crippen molar-refractivity contribution in [1.82, 2.24) is 4.57 Å². The Balaban J connectivity index is 2.51. The van der Waals surface area contributed by atoms with Crippen molar-refractivity contribution in [2.24, 2.45) is 12.8 Å². The van der Waals surface area contributed by atoms with Gasteiger partial charge in [-0.05, 0) is 43.7 Å². The van der Waals surface area contributed by atoms with Crippen LogP contribution in [0.1, 0.15) is 12.5 Å². The highest BCUT2D eigenvalue weighted by Gasteiger charge is 2.06. The second-order valence-electron chi connectivity index (χ2n) is 3.92. The van der Waals surface area contributed by atoms with E-state index in [0.29, 0.717) is 13.2 Å². The van der Waals surface area contributed by atoms with E-state index in [2.05, 4.69) is 29.9 Å². The molecule has 1 aromatic carbocycles. The van der Waals surface area contributed by atoms with Gasteiger partial charge in [-0.3, -0.25) is 0 Å². The molecule has 0 aliphatic rings. The molecule has 0 aliphatic carbocycles. The van der Waals surface area contributed by atoms with Crippen LogP contribution in [0.3, 0.4) is 0 Å². The van der Waals surface area contributed by atoms with Gasteiger partial charge in [0.2, 0.25) is 0 Å². The summed E-state index contributed by atoms with van der Waals surface area (Å²) in [5.41, 5.74) is 8.14. The van der Waals surface area contributed by atoms with E-state index in [1.807, 2.05) is 13.0 Å². The summed E-state index contributed by atoms with van der Waals surface area (Å²) in [7, 11) is 2.06. The van der Waals surface area contributed by atoms with E-state index in [1.54, 1.807) is 0 Å². The van der Waals surface area contributed by atoms with Crippen molar-refractivity contribution in [1.29, 1.82) is 0 Å². The van der Waals surface area contributed by atoms with Crippen molar-refractivity contribution in [3.05, 3.63) is 30.0 Å². The smallest absolute Gasteiger partial charge is 0.120 e. The average Bonchev–Trinajstić information content (AvgIpc) is 2.57. The van der Waals surface area contributed by atoms with Gasteiger partial charge in [-0.1, -0.05) is 0 Å². The zero-order valence-corrected chi connectivity index (χ0v) is 9.86. The molecule has 0 saturated heterocycles. The van der Waals surface area contributed by atoms with E-state index in [4.69, 9.17) is 10.5 Å². The highest BCUT2D eigenvalue weighted by atomic mass is 16.5. The number of rotatable bonds is 4. The summed E-state index contributed by atoms with van der Waals surface area (Å²) in [6.07, 6.45) is 3.06. The Hall–Kier alpha value is -1.48. The molecule has 0 unspecified atom stereocenters. The zero-order valence-electron chi connectivity index (χ0n) is 9.86. The molecule has 0 fully saturated rings. The van der Waals surface area contributed by atoms with E-state index in [9.17, 15) is 0 Å². The molecule has 1 aromatic heterocycles. The van der Waals surface area contributed by atoms with Gasteiger partial charge in [-0.15, -0.1) is 0 Å². The zero-order chi connectivity index (χ0) is 11.5. The third kappa shape index (κ3) is 1.91. The van der Waals surface area contributed by atoms with Crippen LogP contribution in [0.5, 0.6) is 5.75 Å². The van der Waals surface area contributed by atoms with E-state index in [0.717, 1.165) is 12.2 Å². The quantitative estimate of drug-likeness (QED) is 0.853. The van der Waals surface area contributed by atoms with Crippen LogP contribution in [0.15, 0.2) is 24.4 Å². The first-order valence-electron chi connectivity index (χ1n) is 5.67. The Kier molecular flexibility index (Phi) is 3.15. The number of benzene rings is 1. The first-order valence-corrected chi connectivity index (χ1v) is 5.67. The molecule has 3 heteroatoms. The predicted molar refractivity (Wildman–Crippen MR) is 66.8 cm³/mol. The van der Waals surface area contributed by atoms with Crippen molar-refractivity contribution in [2.75, 3.05) is 13.2 Å². The lowest BCUT2D eigenvalue weighted by molar-refractivity contribution is 0.340. The Bertz CT molecular complexity index is 488. The normalized spacial score (nSPS) is 10.9. The Morgan fingerprint density at radius 1 is 1.38 bits per heavy atom. The minimum atomic E-state index is 0.679. The molecule has 0 saturated carbocycles. The van der Waals surface area contributed by atoms with Crippen molar-refractivity contribution >= 4 is 10.9 Å². The lowest BCUT2D eigenvalue weighted by Gasteiger charge is -2.04. The standard InChI is InChI=1S/C13H18N2O/c1-3-16-11-4-5-13-12(8-11)10(6-7-14)9-15(13)2/h4-5,8-9H,3,6-7,14H2,1-2H3. The lowest BCUT2D eigenvalue weighted by atomic mass is 10.1. The molecule has 0 spiro atoms. The van der Waals surface area contributed by atoms with Crippen LogP contribution in [-0.2, 0) is 13.5 Å². The molecule has 2 N–H and O–H groups in total. The molecule has 2 rings (SSSR count). The lowest BCUT2D eigenvalue weighted by Crippen LogP contribution is -2.02. The first-order chi connectivity index (χ1) is 7.76.